The topological polar surface area (TPSA) is 84.5 Å². The van der Waals surface area contributed by atoms with Crippen molar-refractivity contribution < 1.29 is 19.1 Å². The molecule has 2 N–H and O–H groups in total. The van der Waals surface area contributed by atoms with Gasteiger partial charge in [0.25, 0.3) is 0 Å². The summed E-state index contributed by atoms with van der Waals surface area (Å²) in [7, 11) is 0. The van der Waals surface area contributed by atoms with Gasteiger partial charge in [0, 0.05) is 16.9 Å². The van der Waals surface area contributed by atoms with Gasteiger partial charge in [0.15, 0.2) is 0 Å². The van der Waals surface area contributed by atoms with Crippen LogP contribution >= 0.6 is 11.8 Å². The van der Waals surface area contributed by atoms with E-state index in [0.29, 0.717) is 12.2 Å². The summed E-state index contributed by atoms with van der Waals surface area (Å²) in [6.45, 7) is 9.64. The maximum absolute atomic E-state index is 11.9. The molecule has 0 saturated heterocycles. The molecule has 21 heavy (non-hydrogen) atoms. The first-order chi connectivity index (χ1) is 9.69. The Balaban J connectivity index is 4.48. The second-order valence-electron chi connectivity index (χ2n) is 5.43. The highest BCUT2D eigenvalue weighted by Crippen LogP contribution is 2.23. The number of hydrogen-bond acceptors (Lipinski definition) is 5. The number of carbonyl (C=O) groups excluding carboxylic acids is 3. The van der Waals surface area contributed by atoms with Crippen LogP contribution in [0.4, 0.5) is 0 Å². The van der Waals surface area contributed by atoms with Gasteiger partial charge in [-0.1, -0.05) is 27.7 Å². The smallest absolute Gasteiger partial charge is 0.329 e. The zero-order chi connectivity index (χ0) is 16.5. The predicted molar refractivity (Wildman–Crippen MR) is 84.1 cm³/mol. The summed E-state index contributed by atoms with van der Waals surface area (Å²) in [5, 5.41) is 5.08. The summed E-state index contributed by atoms with van der Waals surface area (Å²) in [6, 6.07) is -0.708. The molecule has 0 bridgehead atoms. The van der Waals surface area contributed by atoms with Gasteiger partial charge < -0.3 is 15.4 Å². The fourth-order valence-electron chi connectivity index (χ4n) is 1.29. The number of hydrogen-bond donors (Lipinski definition) is 2. The Morgan fingerprint density at radius 1 is 1.14 bits per heavy atom. The fourth-order valence-corrected chi connectivity index (χ4v) is 2.18. The number of esters is 1. The molecule has 7 heteroatoms. The number of thioether (sulfide) groups is 1. The molecule has 0 fully saturated rings. The van der Waals surface area contributed by atoms with E-state index in [1.54, 1.807) is 25.6 Å². The summed E-state index contributed by atoms with van der Waals surface area (Å²) in [6.07, 6.45) is 0.314. The molecule has 0 aromatic heterocycles. The van der Waals surface area contributed by atoms with Gasteiger partial charge in [-0.15, -0.1) is 0 Å². The van der Waals surface area contributed by atoms with Crippen LogP contribution in [0.5, 0.6) is 0 Å². The van der Waals surface area contributed by atoms with Crippen molar-refractivity contribution in [3.8, 4) is 0 Å². The zero-order valence-electron chi connectivity index (χ0n) is 13.4. The van der Waals surface area contributed by atoms with E-state index in [1.165, 1.54) is 0 Å². The highest BCUT2D eigenvalue weighted by atomic mass is 32.2. The Morgan fingerprint density at radius 3 is 2.24 bits per heavy atom. The molecular weight excluding hydrogens is 292 g/mol. The molecule has 6 nitrogen and oxygen atoms in total. The fraction of sp³-hybridized carbons (Fsp3) is 0.786. The molecular formula is C14H26N2O4S. The van der Waals surface area contributed by atoms with E-state index < -0.39 is 17.9 Å². The van der Waals surface area contributed by atoms with E-state index >= 15 is 0 Å². The Morgan fingerprint density at radius 2 is 1.76 bits per heavy atom. The van der Waals surface area contributed by atoms with Gasteiger partial charge in [-0.25, -0.2) is 4.79 Å². The van der Waals surface area contributed by atoms with Gasteiger partial charge >= 0.3 is 5.97 Å². The number of amides is 2. The van der Waals surface area contributed by atoms with Crippen LogP contribution in [0.1, 0.15) is 41.0 Å². The van der Waals surface area contributed by atoms with Crippen LogP contribution in [-0.2, 0) is 19.1 Å². The Hall–Kier alpha value is -1.24. The maximum atomic E-state index is 11.9. The lowest BCUT2D eigenvalue weighted by Crippen LogP contribution is -2.47. The van der Waals surface area contributed by atoms with Crippen LogP contribution < -0.4 is 10.6 Å². The van der Waals surface area contributed by atoms with Gasteiger partial charge in [-0.05, 0) is 6.92 Å². The van der Waals surface area contributed by atoms with Crippen molar-refractivity contribution in [1.29, 1.82) is 0 Å². The van der Waals surface area contributed by atoms with Crippen molar-refractivity contribution in [3.63, 3.8) is 0 Å². The standard InChI is InChI=1S/C14H26N2O4S/c1-6-11(17)15-8-12(18)16-10(13(19)20-7-2)9-21-14(3,4)5/h10H,6-9H2,1-5H3,(H,15,17)(H,16,18). The lowest BCUT2D eigenvalue weighted by molar-refractivity contribution is -0.146. The minimum absolute atomic E-state index is 0.0219. The van der Waals surface area contributed by atoms with E-state index in [-0.39, 0.29) is 23.8 Å². The zero-order valence-corrected chi connectivity index (χ0v) is 14.3. The molecule has 1 unspecified atom stereocenters. The van der Waals surface area contributed by atoms with Crippen molar-refractivity contribution in [3.05, 3.63) is 0 Å². The molecule has 0 heterocycles. The summed E-state index contributed by atoms with van der Waals surface area (Å²) >= 11 is 1.56. The minimum atomic E-state index is -0.708. The molecule has 0 aliphatic heterocycles. The van der Waals surface area contributed by atoms with Crippen molar-refractivity contribution >= 4 is 29.5 Å². The molecule has 1 atom stereocenters. The van der Waals surface area contributed by atoms with E-state index in [2.05, 4.69) is 10.6 Å². The van der Waals surface area contributed by atoms with Crippen molar-refractivity contribution in [1.82, 2.24) is 10.6 Å². The van der Waals surface area contributed by atoms with Gasteiger partial charge in [0.2, 0.25) is 11.8 Å². The third-order valence-corrected chi connectivity index (χ3v) is 3.72. The van der Waals surface area contributed by atoms with Crippen LogP contribution in [0, 0.1) is 0 Å². The molecule has 0 aliphatic carbocycles. The van der Waals surface area contributed by atoms with Gasteiger partial charge in [-0.3, -0.25) is 9.59 Å². The minimum Gasteiger partial charge on any atom is -0.464 e. The average molecular weight is 318 g/mol. The third kappa shape index (κ3) is 10.2. The highest BCUT2D eigenvalue weighted by molar-refractivity contribution is 8.00. The quantitative estimate of drug-likeness (QED) is 0.655. The molecule has 0 aromatic carbocycles. The number of ether oxygens (including phenoxy) is 1. The second-order valence-corrected chi connectivity index (χ2v) is 7.27. The molecule has 0 radical (unpaired) electrons. The Labute approximate surface area is 130 Å². The predicted octanol–water partition coefficient (Wildman–Crippen LogP) is 1.09. The summed E-state index contributed by atoms with van der Waals surface area (Å²) in [5.41, 5.74) is 0. The molecule has 0 spiro atoms. The van der Waals surface area contributed by atoms with Crippen molar-refractivity contribution in [2.75, 3.05) is 18.9 Å². The first-order valence-corrected chi connectivity index (χ1v) is 8.04. The largest absolute Gasteiger partial charge is 0.464 e. The van der Waals surface area contributed by atoms with E-state index in [4.69, 9.17) is 4.74 Å². The molecule has 0 aliphatic rings. The number of rotatable bonds is 8. The lowest BCUT2D eigenvalue weighted by Gasteiger charge is -2.22. The van der Waals surface area contributed by atoms with Crippen LogP contribution in [-0.4, -0.2) is 47.5 Å². The molecule has 0 aromatic rings. The Bertz CT molecular complexity index is 366. The van der Waals surface area contributed by atoms with Gasteiger partial charge in [0.1, 0.15) is 6.04 Å². The molecule has 2 amide bonds. The SMILES string of the molecule is CCOC(=O)C(CSC(C)(C)C)NC(=O)CNC(=O)CC. The average Bonchev–Trinajstić information content (AvgIpc) is 2.39. The van der Waals surface area contributed by atoms with Crippen molar-refractivity contribution in [2.24, 2.45) is 0 Å². The van der Waals surface area contributed by atoms with Gasteiger partial charge in [-0.2, -0.15) is 11.8 Å². The number of carbonyl (C=O) groups is 3. The van der Waals surface area contributed by atoms with Crippen LogP contribution in [0.15, 0.2) is 0 Å². The second kappa shape index (κ2) is 9.65. The first kappa shape index (κ1) is 19.8. The molecule has 0 rings (SSSR count). The van der Waals surface area contributed by atoms with E-state index in [0.717, 1.165) is 0 Å². The molecule has 0 saturated carbocycles. The van der Waals surface area contributed by atoms with E-state index in [9.17, 15) is 14.4 Å². The monoisotopic (exact) mass is 318 g/mol. The van der Waals surface area contributed by atoms with Crippen molar-refractivity contribution in [2.45, 2.75) is 51.8 Å². The Kier molecular flexibility index (Phi) is 9.08. The normalized spacial score (nSPS) is 12.4. The highest BCUT2D eigenvalue weighted by Gasteiger charge is 2.24. The number of nitrogens with one attached hydrogen (secondary N) is 2. The molecule has 122 valence electrons. The van der Waals surface area contributed by atoms with Crippen LogP contribution in [0.3, 0.4) is 0 Å². The first-order valence-electron chi connectivity index (χ1n) is 7.06. The van der Waals surface area contributed by atoms with E-state index in [1.807, 2.05) is 20.8 Å². The van der Waals surface area contributed by atoms with Crippen LogP contribution in [0.2, 0.25) is 0 Å². The summed E-state index contributed by atoms with van der Waals surface area (Å²) < 4.78 is 4.94. The lowest BCUT2D eigenvalue weighted by atomic mass is 10.3. The van der Waals surface area contributed by atoms with Crippen LogP contribution in [0.25, 0.3) is 0 Å². The third-order valence-electron chi connectivity index (χ3n) is 2.36. The summed E-state index contributed by atoms with van der Waals surface area (Å²) in [5.74, 6) is -0.633. The van der Waals surface area contributed by atoms with Gasteiger partial charge in [0.05, 0.1) is 13.2 Å². The summed E-state index contributed by atoms with van der Waals surface area (Å²) in [4.78, 5) is 34.7. The maximum Gasteiger partial charge on any atom is 0.329 e.